The zero-order valence-corrected chi connectivity index (χ0v) is 22.8. The summed E-state index contributed by atoms with van der Waals surface area (Å²) in [5, 5.41) is 0. The Hall–Kier alpha value is -1.84. The number of hydrogen-bond acceptors (Lipinski definition) is 4. The molecule has 0 aliphatic heterocycles. The van der Waals surface area contributed by atoms with Crippen LogP contribution < -0.4 is 9.47 Å². The SMILES string of the molecule is CC(C)(C)CCCCCCCC(=O)Oc1ccccc1OC(=O)CCCCCCCC(C)(C)C. The van der Waals surface area contributed by atoms with Gasteiger partial charge in [-0.1, -0.05) is 105 Å². The van der Waals surface area contributed by atoms with Crippen molar-refractivity contribution in [3.05, 3.63) is 24.3 Å². The van der Waals surface area contributed by atoms with Crippen LogP contribution >= 0.6 is 0 Å². The topological polar surface area (TPSA) is 52.6 Å². The predicted octanol–water partition coefficient (Wildman–Crippen LogP) is 9.05. The predicted molar refractivity (Wildman–Crippen MR) is 141 cm³/mol. The van der Waals surface area contributed by atoms with Crippen LogP contribution in [0.3, 0.4) is 0 Å². The summed E-state index contributed by atoms with van der Waals surface area (Å²) in [5.41, 5.74) is 0.791. The zero-order chi connectivity index (χ0) is 25.5. The Balaban J connectivity index is 2.25. The minimum absolute atomic E-state index is 0.270. The first-order valence-corrected chi connectivity index (χ1v) is 13.5. The van der Waals surface area contributed by atoms with Gasteiger partial charge in [-0.15, -0.1) is 0 Å². The number of benzene rings is 1. The van der Waals surface area contributed by atoms with Crippen molar-refractivity contribution >= 4 is 11.9 Å². The number of hydrogen-bond donors (Lipinski definition) is 0. The molecule has 0 N–H and O–H groups in total. The average molecular weight is 475 g/mol. The number of ether oxygens (including phenoxy) is 2. The molecule has 1 aromatic carbocycles. The molecule has 0 aliphatic rings. The van der Waals surface area contributed by atoms with Crippen molar-refractivity contribution in [1.29, 1.82) is 0 Å². The fraction of sp³-hybridized carbons (Fsp3) is 0.733. The van der Waals surface area contributed by atoms with Gasteiger partial charge in [-0.25, -0.2) is 0 Å². The van der Waals surface area contributed by atoms with Crippen LogP contribution in [0, 0.1) is 10.8 Å². The third kappa shape index (κ3) is 16.7. The summed E-state index contributed by atoms with van der Waals surface area (Å²) < 4.78 is 11.0. The van der Waals surface area contributed by atoms with Crippen LogP contribution in [0.25, 0.3) is 0 Å². The Morgan fingerprint density at radius 2 is 0.882 bits per heavy atom. The van der Waals surface area contributed by atoms with E-state index < -0.39 is 0 Å². The van der Waals surface area contributed by atoms with Gasteiger partial charge in [-0.2, -0.15) is 0 Å². The van der Waals surface area contributed by atoms with Crippen LogP contribution in [0.15, 0.2) is 24.3 Å². The Morgan fingerprint density at radius 3 is 1.24 bits per heavy atom. The molecule has 0 saturated heterocycles. The molecule has 194 valence electrons. The highest BCUT2D eigenvalue weighted by Crippen LogP contribution is 2.28. The van der Waals surface area contributed by atoms with E-state index in [0.29, 0.717) is 35.2 Å². The molecule has 4 heteroatoms. The van der Waals surface area contributed by atoms with E-state index in [-0.39, 0.29) is 11.9 Å². The van der Waals surface area contributed by atoms with Crippen molar-refractivity contribution in [2.75, 3.05) is 0 Å². The molecule has 1 rings (SSSR count). The Kier molecular flexibility index (Phi) is 14.2. The normalized spacial score (nSPS) is 11.9. The Labute approximate surface area is 209 Å². The highest BCUT2D eigenvalue weighted by Gasteiger charge is 2.14. The molecule has 0 amide bonds. The van der Waals surface area contributed by atoms with Gasteiger partial charge in [0, 0.05) is 12.8 Å². The minimum atomic E-state index is -0.270. The van der Waals surface area contributed by atoms with Crippen molar-refractivity contribution in [1.82, 2.24) is 0 Å². The number of carbonyl (C=O) groups is 2. The number of esters is 2. The smallest absolute Gasteiger partial charge is 0.311 e. The maximum absolute atomic E-state index is 12.3. The third-order valence-corrected chi connectivity index (χ3v) is 5.91. The van der Waals surface area contributed by atoms with Gasteiger partial charge in [0.1, 0.15) is 0 Å². The van der Waals surface area contributed by atoms with E-state index in [0.717, 1.165) is 38.5 Å². The fourth-order valence-electron chi connectivity index (χ4n) is 3.88. The summed E-state index contributed by atoms with van der Waals surface area (Å²) in [6.45, 7) is 13.6. The Morgan fingerprint density at radius 1 is 0.559 bits per heavy atom. The molecule has 0 unspecified atom stereocenters. The third-order valence-electron chi connectivity index (χ3n) is 5.91. The van der Waals surface area contributed by atoms with E-state index in [2.05, 4.69) is 41.5 Å². The van der Waals surface area contributed by atoms with Crippen molar-refractivity contribution in [2.24, 2.45) is 10.8 Å². The van der Waals surface area contributed by atoms with E-state index in [1.54, 1.807) is 24.3 Å². The summed E-state index contributed by atoms with van der Waals surface area (Å²) >= 11 is 0. The first kappa shape index (κ1) is 30.2. The van der Waals surface area contributed by atoms with Gasteiger partial charge in [-0.3, -0.25) is 9.59 Å². The van der Waals surface area contributed by atoms with E-state index >= 15 is 0 Å². The maximum Gasteiger partial charge on any atom is 0.311 e. The molecule has 0 atom stereocenters. The number of rotatable bonds is 16. The van der Waals surface area contributed by atoms with Gasteiger partial charge >= 0.3 is 11.9 Å². The number of carbonyl (C=O) groups excluding carboxylic acids is 2. The van der Waals surface area contributed by atoms with Crippen molar-refractivity contribution in [3.63, 3.8) is 0 Å². The first-order chi connectivity index (χ1) is 16.0. The van der Waals surface area contributed by atoms with Gasteiger partial charge in [0.25, 0.3) is 0 Å². The summed E-state index contributed by atoms with van der Waals surface area (Å²) in [6.07, 6.45) is 14.2. The quantitative estimate of drug-likeness (QED) is 0.136. The lowest BCUT2D eigenvalue weighted by atomic mass is 9.89. The molecular weight excluding hydrogens is 424 g/mol. The van der Waals surface area contributed by atoms with Crippen molar-refractivity contribution in [3.8, 4) is 11.5 Å². The molecule has 0 saturated carbocycles. The van der Waals surface area contributed by atoms with Crippen molar-refractivity contribution < 1.29 is 19.1 Å². The van der Waals surface area contributed by atoms with Gasteiger partial charge in [0.2, 0.25) is 0 Å². The lowest BCUT2D eigenvalue weighted by Crippen LogP contribution is -2.12. The molecule has 0 aromatic heterocycles. The van der Waals surface area contributed by atoms with E-state index in [1.165, 1.54) is 38.5 Å². The summed E-state index contributed by atoms with van der Waals surface area (Å²) in [5.74, 6) is 0.114. The number of para-hydroxylation sites is 2. The molecule has 0 radical (unpaired) electrons. The lowest BCUT2D eigenvalue weighted by molar-refractivity contribution is -0.137. The lowest BCUT2D eigenvalue weighted by Gasteiger charge is -2.17. The molecule has 34 heavy (non-hydrogen) atoms. The fourth-order valence-corrected chi connectivity index (χ4v) is 3.88. The molecule has 0 aliphatic carbocycles. The average Bonchev–Trinajstić information content (AvgIpc) is 2.72. The van der Waals surface area contributed by atoms with E-state index in [9.17, 15) is 9.59 Å². The minimum Gasteiger partial charge on any atom is -0.423 e. The van der Waals surface area contributed by atoms with E-state index in [4.69, 9.17) is 9.47 Å². The van der Waals surface area contributed by atoms with Gasteiger partial charge in [-0.05, 0) is 48.6 Å². The molecule has 0 heterocycles. The molecular formula is C30H50O4. The van der Waals surface area contributed by atoms with Crippen LogP contribution in [-0.2, 0) is 9.59 Å². The molecule has 1 aromatic rings. The van der Waals surface area contributed by atoms with Gasteiger partial charge in [0.05, 0.1) is 0 Å². The highest BCUT2D eigenvalue weighted by molar-refractivity contribution is 5.76. The Bertz CT molecular complexity index is 648. The van der Waals surface area contributed by atoms with Crippen LogP contribution in [-0.4, -0.2) is 11.9 Å². The number of unbranched alkanes of at least 4 members (excludes halogenated alkanes) is 8. The summed E-state index contributed by atoms with van der Waals surface area (Å²) in [7, 11) is 0. The second-order valence-electron chi connectivity index (χ2n) is 12.1. The largest absolute Gasteiger partial charge is 0.423 e. The first-order valence-electron chi connectivity index (χ1n) is 13.5. The molecule has 4 nitrogen and oxygen atoms in total. The van der Waals surface area contributed by atoms with Crippen LogP contribution in [0.2, 0.25) is 0 Å². The summed E-state index contributed by atoms with van der Waals surface area (Å²) in [6, 6.07) is 6.93. The zero-order valence-electron chi connectivity index (χ0n) is 22.8. The summed E-state index contributed by atoms with van der Waals surface area (Å²) in [4.78, 5) is 24.5. The van der Waals surface area contributed by atoms with Gasteiger partial charge in [0.15, 0.2) is 11.5 Å². The van der Waals surface area contributed by atoms with Crippen LogP contribution in [0.1, 0.15) is 131 Å². The van der Waals surface area contributed by atoms with E-state index in [1.807, 2.05) is 0 Å². The maximum atomic E-state index is 12.3. The second-order valence-corrected chi connectivity index (χ2v) is 12.1. The monoisotopic (exact) mass is 474 g/mol. The standard InChI is InChI=1S/C30H50O4/c1-29(2,3)23-17-11-7-9-13-21-27(31)33-25-19-15-16-20-26(25)34-28(32)22-14-10-8-12-18-24-30(4,5)6/h15-16,19-20H,7-14,17-18,21-24H2,1-6H3. The van der Waals surface area contributed by atoms with Crippen molar-refractivity contribution in [2.45, 2.75) is 131 Å². The van der Waals surface area contributed by atoms with Crippen LogP contribution in [0.4, 0.5) is 0 Å². The molecule has 0 bridgehead atoms. The van der Waals surface area contributed by atoms with Crippen LogP contribution in [0.5, 0.6) is 11.5 Å². The van der Waals surface area contributed by atoms with Gasteiger partial charge < -0.3 is 9.47 Å². The second kappa shape index (κ2) is 15.9. The molecule has 0 fully saturated rings. The highest BCUT2D eigenvalue weighted by atomic mass is 16.6. The molecule has 0 spiro atoms.